The number of carbonyl (C=O) groups excluding carboxylic acids is 1. The molecule has 1 aromatic rings. The highest BCUT2D eigenvalue weighted by Gasteiger charge is 2.48. The van der Waals surface area contributed by atoms with Gasteiger partial charge in [-0.1, -0.05) is 20.8 Å². The number of nitrogens with one attached hydrogen (secondary N) is 1. The number of hydrogen-bond acceptors (Lipinski definition) is 4. The fraction of sp³-hybridized carbons (Fsp3) is 0.750. The Bertz CT molecular complexity index is 542. The molecule has 7 heteroatoms. The molecule has 132 valence electrons. The van der Waals surface area contributed by atoms with Crippen molar-refractivity contribution in [3.63, 3.8) is 0 Å². The standard InChI is InChI=1S/C16H25N3OS.2ClH/c1-16(2,3)11-8-21-12(19-11)7-18-15(20)13-9-4-5-10(6-9)14(13)17;;/h8-10,13-14H,4-7,17H2,1-3H3,(H,18,20);2*1H. The first kappa shape index (κ1) is 20.7. The Morgan fingerprint density at radius 1 is 1.35 bits per heavy atom. The van der Waals surface area contributed by atoms with Crippen molar-refractivity contribution in [2.45, 2.75) is 58.0 Å². The normalized spacial score (nSPS) is 28.9. The lowest BCUT2D eigenvalue weighted by atomic mass is 9.84. The third kappa shape index (κ3) is 4.19. The zero-order valence-corrected chi connectivity index (χ0v) is 16.3. The van der Waals surface area contributed by atoms with Crippen LogP contribution >= 0.6 is 36.2 Å². The molecule has 1 amide bonds. The van der Waals surface area contributed by atoms with Gasteiger partial charge >= 0.3 is 0 Å². The summed E-state index contributed by atoms with van der Waals surface area (Å²) in [5.74, 6) is 1.22. The van der Waals surface area contributed by atoms with Crippen LogP contribution in [0, 0.1) is 17.8 Å². The van der Waals surface area contributed by atoms with Crippen LogP contribution in [0.4, 0.5) is 0 Å². The van der Waals surface area contributed by atoms with Crippen LogP contribution in [-0.4, -0.2) is 16.9 Å². The Balaban J connectivity index is 0.00000132. The van der Waals surface area contributed by atoms with Gasteiger partial charge in [-0.2, -0.15) is 0 Å². The Kier molecular flexibility index (Phi) is 6.91. The van der Waals surface area contributed by atoms with E-state index in [0.29, 0.717) is 18.4 Å². The number of thiazole rings is 1. The minimum Gasteiger partial charge on any atom is -0.349 e. The smallest absolute Gasteiger partial charge is 0.225 e. The summed E-state index contributed by atoms with van der Waals surface area (Å²) in [6.45, 7) is 6.98. The van der Waals surface area contributed by atoms with E-state index < -0.39 is 0 Å². The Morgan fingerprint density at radius 3 is 2.52 bits per heavy atom. The lowest BCUT2D eigenvalue weighted by molar-refractivity contribution is -0.127. The van der Waals surface area contributed by atoms with E-state index in [0.717, 1.165) is 17.1 Å². The molecule has 23 heavy (non-hydrogen) atoms. The molecule has 4 nitrogen and oxygen atoms in total. The van der Waals surface area contributed by atoms with Gasteiger partial charge in [-0.15, -0.1) is 36.2 Å². The SMILES string of the molecule is CC(C)(C)c1csc(CNC(=O)C2C3CCC(C3)C2N)n1.Cl.Cl. The molecule has 0 radical (unpaired) electrons. The third-order valence-electron chi connectivity index (χ3n) is 5.02. The van der Waals surface area contributed by atoms with Crippen LogP contribution in [0.1, 0.15) is 50.7 Å². The minimum absolute atomic E-state index is 0. The van der Waals surface area contributed by atoms with Gasteiger partial charge in [-0.3, -0.25) is 4.79 Å². The first-order chi connectivity index (χ1) is 9.86. The summed E-state index contributed by atoms with van der Waals surface area (Å²) in [5, 5.41) is 6.11. The molecular formula is C16H27Cl2N3OS. The molecule has 4 unspecified atom stereocenters. The summed E-state index contributed by atoms with van der Waals surface area (Å²) in [7, 11) is 0. The van der Waals surface area contributed by atoms with E-state index in [-0.39, 0.29) is 48.1 Å². The molecule has 2 fully saturated rings. The van der Waals surface area contributed by atoms with E-state index >= 15 is 0 Å². The highest BCUT2D eigenvalue weighted by atomic mass is 35.5. The Labute approximate surface area is 154 Å². The molecule has 0 spiro atoms. The first-order valence-electron chi connectivity index (χ1n) is 7.84. The Hall–Kier alpha value is -0.360. The van der Waals surface area contributed by atoms with Crippen LogP contribution in [0.3, 0.4) is 0 Å². The van der Waals surface area contributed by atoms with Crippen molar-refractivity contribution in [3.8, 4) is 0 Å². The van der Waals surface area contributed by atoms with Gasteiger partial charge in [0.2, 0.25) is 5.91 Å². The number of fused-ring (bicyclic) bond motifs is 2. The van der Waals surface area contributed by atoms with Crippen LogP contribution in [0.15, 0.2) is 5.38 Å². The zero-order chi connectivity index (χ0) is 15.2. The number of hydrogen-bond donors (Lipinski definition) is 2. The summed E-state index contributed by atoms with van der Waals surface area (Å²) < 4.78 is 0. The fourth-order valence-electron chi connectivity index (χ4n) is 3.74. The number of rotatable bonds is 3. The van der Waals surface area contributed by atoms with Crippen LogP contribution in [-0.2, 0) is 16.8 Å². The van der Waals surface area contributed by atoms with Crippen LogP contribution in [0.5, 0.6) is 0 Å². The quantitative estimate of drug-likeness (QED) is 0.846. The molecule has 0 aliphatic heterocycles. The van der Waals surface area contributed by atoms with Crippen molar-refractivity contribution in [1.82, 2.24) is 10.3 Å². The van der Waals surface area contributed by atoms with Crippen LogP contribution in [0.25, 0.3) is 0 Å². The summed E-state index contributed by atoms with van der Waals surface area (Å²) in [6.07, 6.45) is 3.52. The number of halogens is 2. The molecule has 1 heterocycles. The number of carbonyl (C=O) groups is 1. The lowest BCUT2D eigenvalue weighted by Gasteiger charge is -2.26. The number of nitrogens with two attached hydrogens (primary N) is 1. The first-order valence-corrected chi connectivity index (χ1v) is 8.72. The third-order valence-corrected chi connectivity index (χ3v) is 5.87. The van der Waals surface area contributed by atoms with Gasteiger partial charge in [0, 0.05) is 16.8 Å². The molecular weight excluding hydrogens is 353 g/mol. The predicted molar refractivity (Wildman–Crippen MR) is 99.5 cm³/mol. The monoisotopic (exact) mass is 379 g/mol. The minimum atomic E-state index is 0. The van der Waals surface area contributed by atoms with Crippen LogP contribution < -0.4 is 11.1 Å². The predicted octanol–water partition coefficient (Wildman–Crippen LogP) is 3.27. The van der Waals surface area contributed by atoms with Gasteiger partial charge in [0.05, 0.1) is 18.2 Å². The van der Waals surface area contributed by atoms with Crippen molar-refractivity contribution in [1.29, 1.82) is 0 Å². The molecule has 2 bridgehead atoms. The second-order valence-electron chi connectivity index (χ2n) is 7.53. The van der Waals surface area contributed by atoms with Gasteiger partial charge in [0.15, 0.2) is 0 Å². The molecule has 2 saturated carbocycles. The summed E-state index contributed by atoms with van der Waals surface area (Å²) >= 11 is 1.62. The highest BCUT2D eigenvalue weighted by molar-refractivity contribution is 7.09. The van der Waals surface area contributed by atoms with Crippen molar-refractivity contribution in [3.05, 3.63) is 16.1 Å². The number of nitrogens with zero attached hydrogens (tertiary/aromatic N) is 1. The van der Waals surface area contributed by atoms with E-state index in [1.807, 2.05) is 0 Å². The summed E-state index contributed by atoms with van der Waals surface area (Å²) in [5.41, 5.74) is 7.37. The molecule has 0 aromatic carbocycles. The number of amides is 1. The van der Waals surface area contributed by atoms with Crippen molar-refractivity contribution >= 4 is 42.1 Å². The van der Waals surface area contributed by atoms with Gasteiger partial charge in [0.1, 0.15) is 5.01 Å². The summed E-state index contributed by atoms with van der Waals surface area (Å²) in [6, 6.07) is 0.0604. The molecule has 4 atom stereocenters. The second-order valence-corrected chi connectivity index (χ2v) is 8.47. The number of aromatic nitrogens is 1. The maximum absolute atomic E-state index is 12.4. The van der Waals surface area contributed by atoms with Crippen LogP contribution in [0.2, 0.25) is 0 Å². The average molecular weight is 380 g/mol. The largest absolute Gasteiger partial charge is 0.349 e. The lowest BCUT2D eigenvalue weighted by Crippen LogP contribution is -2.45. The van der Waals surface area contributed by atoms with E-state index in [9.17, 15) is 4.79 Å². The average Bonchev–Trinajstić information content (AvgIpc) is 3.10. The molecule has 3 rings (SSSR count). The van der Waals surface area contributed by atoms with Crippen molar-refractivity contribution < 1.29 is 4.79 Å². The topological polar surface area (TPSA) is 68.0 Å². The second kappa shape index (κ2) is 7.68. The molecule has 0 saturated heterocycles. The fourth-order valence-corrected chi connectivity index (χ4v) is 4.70. The molecule has 2 aliphatic rings. The van der Waals surface area contributed by atoms with Gasteiger partial charge in [-0.25, -0.2) is 4.98 Å². The molecule has 2 aliphatic carbocycles. The van der Waals surface area contributed by atoms with E-state index in [4.69, 9.17) is 5.73 Å². The Morgan fingerprint density at radius 2 is 2.00 bits per heavy atom. The molecule has 3 N–H and O–H groups in total. The maximum atomic E-state index is 12.4. The zero-order valence-electron chi connectivity index (χ0n) is 13.9. The molecule has 1 aromatic heterocycles. The van der Waals surface area contributed by atoms with Crippen molar-refractivity contribution in [2.24, 2.45) is 23.5 Å². The van der Waals surface area contributed by atoms with Gasteiger partial charge < -0.3 is 11.1 Å². The maximum Gasteiger partial charge on any atom is 0.225 e. The van der Waals surface area contributed by atoms with Crippen molar-refractivity contribution in [2.75, 3.05) is 0 Å². The van der Waals surface area contributed by atoms with Gasteiger partial charge in [0.25, 0.3) is 0 Å². The van der Waals surface area contributed by atoms with E-state index in [2.05, 4.69) is 36.5 Å². The highest BCUT2D eigenvalue weighted by Crippen LogP contribution is 2.47. The van der Waals surface area contributed by atoms with E-state index in [1.54, 1.807) is 11.3 Å². The van der Waals surface area contributed by atoms with E-state index in [1.165, 1.54) is 12.8 Å². The van der Waals surface area contributed by atoms with Gasteiger partial charge in [-0.05, 0) is 31.1 Å². The summed E-state index contributed by atoms with van der Waals surface area (Å²) in [4.78, 5) is 17.0.